The minimum Gasteiger partial charge on any atom is -0.378 e. The molecule has 1 rings (SSSR count). The van der Waals surface area contributed by atoms with Gasteiger partial charge in [0.1, 0.15) is 0 Å². The van der Waals surface area contributed by atoms with Crippen LogP contribution in [0, 0.1) is 5.92 Å². The third kappa shape index (κ3) is 6.94. The summed E-state index contributed by atoms with van der Waals surface area (Å²) in [6, 6.07) is 0. The predicted molar refractivity (Wildman–Crippen MR) is 66.1 cm³/mol. The van der Waals surface area contributed by atoms with Crippen molar-refractivity contribution in [3.8, 4) is 0 Å². The molecular weight excluding hydrogens is 184 g/mol. The monoisotopic (exact) mass is 212 g/mol. The third-order valence-electron chi connectivity index (χ3n) is 3.33. The average molecular weight is 212 g/mol. The van der Waals surface area contributed by atoms with Gasteiger partial charge in [-0.25, -0.2) is 0 Å². The molecule has 0 saturated heterocycles. The molecule has 0 atom stereocenters. The number of hydrogen-bond acceptors (Lipinski definition) is 1. The van der Waals surface area contributed by atoms with E-state index in [2.05, 4.69) is 13.8 Å². The largest absolute Gasteiger partial charge is 0.378 e. The molecule has 1 aliphatic rings. The normalized spacial score (nSPS) is 17.0. The van der Waals surface area contributed by atoms with Gasteiger partial charge in [-0.2, -0.15) is 0 Å². The lowest BCUT2D eigenvalue weighted by atomic mass is 9.96. The lowest BCUT2D eigenvalue weighted by molar-refractivity contribution is 0.000611. The van der Waals surface area contributed by atoms with Crippen LogP contribution < -0.4 is 0 Å². The van der Waals surface area contributed by atoms with Crippen molar-refractivity contribution >= 4 is 0 Å². The molecule has 0 bridgehead atoms. The van der Waals surface area contributed by atoms with Crippen molar-refractivity contribution in [2.75, 3.05) is 6.61 Å². The molecule has 1 aliphatic carbocycles. The van der Waals surface area contributed by atoms with Gasteiger partial charge in [0.2, 0.25) is 0 Å². The summed E-state index contributed by atoms with van der Waals surface area (Å²) in [7, 11) is 0. The summed E-state index contributed by atoms with van der Waals surface area (Å²) in [5.74, 6) is 0.881. The van der Waals surface area contributed by atoms with Crippen LogP contribution in [0.5, 0.6) is 0 Å². The maximum Gasteiger partial charge on any atom is 0.0575 e. The van der Waals surface area contributed by atoms with E-state index in [1.807, 2.05) is 0 Å². The fourth-order valence-electron chi connectivity index (χ4n) is 1.97. The van der Waals surface area contributed by atoms with Crippen LogP contribution >= 0.6 is 0 Å². The highest BCUT2D eigenvalue weighted by Crippen LogP contribution is 2.22. The standard InChI is InChI=1S/C14H28O/c1-13(2)9-6-4-3-5-7-12-15-14-10-8-11-14/h13-14H,3-12H2,1-2H3. The fraction of sp³-hybridized carbons (Fsp3) is 1.00. The van der Waals surface area contributed by atoms with Crippen LogP contribution in [0.1, 0.15) is 71.6 Å². The summed E-state index contributed by atoms with van der Waals surface area (Å²) in [5, 5.41) is 0. The van der Waals surface area contributed by atoms with Gasteiger partial charge in [-0.3, -0.25) is 0 Å². The molecule has 90 valence electrons. The fourth-order valence-corrected chi connectivity index (χ4v) is 1.97. The minimum absolute atomic E-state index is 0.631. The highest BCUT2D eigenvalue weighted by molar-refractivity contribution is 4.68. The second kappa shape index (κ2) is 8.15. The first-order valence-electron chi connectivity index (χ1n) is 6.90. The first-order valence-corrected chi connectivity index (χ1v) is 6.90. The third-order valence-corrected chi connectivity index (χ3v) is 3.33. The Kier molecular flexibility index (Phi) is 7.08. The van der Waals surface area contributed by atoms with Crippen LogP contribution in [0.15, 0.2) is 0 Å². The van der Waals surface area contributed by atoms with E-state index in [9.17, 15) is 0 Å². The quantitative estimate of drug-likeness (QED) is 0.509. The number of unbranched alkanes of at least 4 members (excludes halogenated alkanes) is 4. The van der Waals surface area contributed by atoms with Crippen molar-refractivity contribution in [3.05, 3.63) is 0 Å². The molecule has 1 fully saturated rings. The van der Waals surface area contributed by atoms with Crippen molar-refractivity contribution in [3.63, 3.8) is 0 Å². The van der Waals surface area contributed by atoms with Gasteiger partial charge in [0.05, 0.1) is 6.10 Å². The summed E-state index contributed by atoms with van der Waals surface area (Å²) >= 11 is 0. The lowest BCUT2D eigenvalue weighted by Gasteiger charge is -2.25. The van der Waals surface area contributed by atoms with E-state index in [0.29, 0.717) is 6.10 Å². The highest BCUT2D eigenvalue weighted by atomic mass is 16.5. The number of rotatable bonds is 9. The Bertz CT molecular complexity index is 138. The van der Waals surface area contributed by atoms with Crippen LogP contribution in [0.3, 0.4) is 0 Å². The van der Waals surface area contributed by atoms with Crippen molar-refractivity contribution in [1.29, 1.82) is 0 Å². The lowest BCUT2D eigenvalue weighted by Crippen LogP contribution is -2.21. The topological polar surface area (TPSA) is 9.23 Å². The van der Waals surface area contributed by atoms with Gasteiger partial charge in [-0.05, 0) is 31.6 Å². The molecule has 0 aromatic rings. The summed E-state index contributed by atoms with van der Waals surface area (Å²) < 4.78 is 5.72. The zero-order valence-corrected chi connectivity index (χ0v) is 10.6. The second-order valence-corrected chi connectivity index (χ2v) is 5.37. The maximum absolute atomic E-state index is 5.72. The molecule has 1 saturated carbocycles. The van der Waals surface area contributed by atoms with Gasteiger partial charge in [-0.15, -0.1) is 0 Å². The molecule has 1 nitrogen and oxygen atoms in total. The molecule has 0 aliphatic heterocycles. The van der Waals surface area contributed by atoms with E-state index in [1.54, 1.807) is 0 Å². The summed E-state index contributed by atoms with van der Waals surface area (Å²) in [4.78, 5) is 0. The van der Waals surface area contributed by atoms with Crippen LogP contribution in [-0.4, -0.2) is 12.7 Å². The Morgan fingerprint density at radius 3 is 2.27 bits per heavy atom. The molecule has 0 unspecified atom stereocenters. The molecule has 0 spiro atoms. The summed E-state index contributed by atoms with van der Waals surface area (Å²) in [6.45, 7) is 5.63. The smallest absolute Gasteiger partial charge is 0.0575 e. The molecule has 0 aromatic heterocycles. The van der Waals surface area contributed by atoms with Crippen molar-refractivity contribution in [1.82, 2.24) is 0 Å². The second-order valence-electron chi connectivity index (χ2n) is 5.37. The number of hydrogen-bond donors (Lipinski definition) is 0. The Balaban J connectivity index is 1.69. The first kappa shape index (κ1) is 13.0. The molecule has 1 heteroatoms. The van der Waals surface area contributed by atoms with Crippen LogP contribution in [0.2, 0.25) is 0 Å². The molecule has 0 amide bonds. The van der Waals surface area contributed by atoms with Crippen molar-refractivity contribution < 1.29 is 4.74 Å². The van der Waals surface area contributed by atoms with Crippen LogP contribution in [0.25, 0.3) is 0 Å². The van der Waals surface area contributed by atoms with E-state index in [4.69, 9.17) is 4.74 Å². The Hall–Kier alpha value is -0.0400. The van der Waals surface area contributed by atoms with Crippen LogP contribution in [0.4, 0.5) is 0 Å². The van der Waals surface area contributed by atoms with E-state index < -0.39 is 0 Å². The zero-order chi connectivity index (χ0) is 10.9. The number of ether oxygens (including phenoxy) is 1. The predicted octanol–water partition coefficient (Wildman–Crippen LogP) is 4.55. The minimum atomic E-state index is 0.631. The Labute approximate surface area is 95.6 Å². The molecule has 0 aromatic carbocycles. The van der Waals surface area contributed by atoms with E-state index >= 15 is 0 Å². The van der Waals surface area contributed by atoms with Gasteiger partial charge < -0.3 is 4.74 Å². The average Bonchev–Trinajstić information content (AvgIpc) is 2.12. The molecular formula is C14H28O. The van der Waals surface area contributed by atoms with E-state index in [0.717, 1.165) is 12.5 Å². The maximum atomic E-state index is 5.72. The van der Waals surface area contributed by atoms with E-state index in [-0.39, 0.29) is 0 Å². The SMILES string of the molecule is CC(C)CCCCCCCOC1CCC1. The zero-order valence-electron chi connectivity index (χ0n) is 10.6. The van der Waals surface area contributed by atoms with Crippen molar-refractivity contribution in [2.24, 2.45) is 5.92 Å². The van der Waals surface area contributed by atoms with Gasteiger partial charge in [-0.1, -0.05) is 46.0 Å². The molecule has 0 radical (unpaired) electrons. The summed E-state index contributed by atoms with van der Waals surface area (Å²) in [5.41, 5.74) is 0. The molecule has 0 heterocycles. The van der Waals surface area contributed by atoms with Crippen molar-refractivity contribution in [2.45, 2.75) is 77.7 Å². The van der Waals surface area contributed by atoms with E-state index in [1.165, 1.54) is 57.8 Å². The van der Waals surface area contributed by atoms with Gasteiger partial charge in [0.15, 0.2) is 0 Å². The van der Waals surface area contributed by atoms with Gasteiger partial charge in [0.25, 0.3) is 0 Å². The van der Waals surface area contributed by atoms with Gasteiger partial charge >= 0.3 is 0 Å². The summed E-state index contributed by atoms with van der Waals surface area (Å²) in [6.07, 6.45) is 12.9. The van der Waals surface area contributed by atoms with Gasteiger partial charge in [0, 0.05) is 6.61 Å². The van der Waals surface area contributed by atoms with Crippen LogP contribution in [-0.2, 0) is 4.74 Å². The Morgan fingerprint density at radius 2 is 1.67 bits per heavy atom. The Morgan fingerprint density at radius 1 is 1.00 bits per heavy atom. The molecule has 15 heavy (non-hydrogen) atoms. The highest BCUT2D eigenvalue weighted by Gasteiger charge is 2.16. The first-order chi connectivity index (χ1) is 7.29. The molecule has 0 N–H and O–H groups in total.